The maximum atomic E-state index is 12.1. The standard InChI is InChI=1S/C15H22N2O2/c1-11-8-15(9-11,10-16)14(19)17-7-6-12-2-4-13(18)5-3-12/h2-5,11,18H,6-10,16H2,1H3,(H,17,19). The molecule has 1 fully saturated rings. The Balaban J connectivity index is 1.79. The van der Waals surface area contributed by atoms with Crippen LogP contribution in [-0.4, -0.2) is 24.1 Å². The summed E-state index contributed by atoms with van der Waals surface area (Å²) in [4.78, 5) is 12.1. The summed E-state index contributed by atoms with van der Waals surface area (Å²) in [6, 6.07) is 7.05. The second-order valence-electron chi connectivity index (χ2n) is 5.67. The maximum Gasteiger partial charge on any atom is 0.227 e. The highest BCUT2D eigenvalue weighted by molar-refractivity contribution is 5.83. The van der Waals surface area contributed by atoms with Crippen molar-refractivity contribution in [1.29, 1.82) is 0 Å². The van der Waals surface area contributed by atoms with Crippen molar-refractivity contribution in [1.82, 2.24) is 5.32 Å². The number of phenols is 1. The average Bonchev–Trinajstić information content (AvgIpc) is 2.37. The van der Waals surface area contributed by atoms with E-state index in [1.165, 1.54) is 0 Å². The Hall–Kier alpha value is -1.55. The molecule has 0 bridgehead atoms. The van der Waals surface area contributed by atoms with Gasteiger partial charge in [0, 0.05) is 13.1 Å². The predicted octanol–water partition coefficient (Wildman–Crippen LogP) is 1.43. The van der Waals surface area contributed by atoms with Crippen molar-refractivity contribution in [3.8, 4) is 5.75 Å². The van der Waals surface area contributed by atoms with Gasteiger partial charge in [-0.3, -0.25) is 4.79 Å². The summed E-state index contributed by atoms with van der Waals surface area (Å²) in [5, 5.41) is 12.2. The monoisotopic (exact) mass is 262 g/mol. The molecule has 0 spiro atoms. The molecule has 19 heavy (non-hydrogen) atoms. The van der Waals surface area contributed by atoms with Crippen LogP contribution in [0.2, 0.25) is 0 Å². The molecule has 2 rings (SSSR count). The van der Waals surface area contributed by atoms with Gasteiger partial charge in [-0.2, -0.15) is 0 Å². The van der Waals surface area contributed by atoms with Gasteiger partial charge in [-0.1, -0.05) is 19.1 Å². The van der Waals surface area contributed by atoms with E-state index in [9.17, 15) is 9.90 Å². The number of hydrogen-bond acceptors (Lipinski definition) is 3. The first-order valence-corrected chi connectivity index (χ1v) is 6.82. The largest absolute Gasteiger partial charge is 0.508 e. The second-order valence-corrected chi connectivity index (χ2v) is 5.67. The molecule has 0 atom stereocenters. The number of amides is 1. The smallest absolute Gasteiger partial charge is 0.227 e. The zero-order chi connectivity index (χ0) is 13.9. The number of phenolic OH excluding ortho intramolecular Hbond substituents is 1. The summed E-state index contributed by atoms with van der Waals surface area (Å²) in [7, 11) is 0. The van der Waals surface area contributed by atoms with Crippen LogP contribution in [0.15, 0.2) is 24.3 Å². The molecule has 0 radical (unpaired) electrons. The van der Waals surface area contributed by atoms with Crippen LogP contribution >= 0.6 is 0 Å². The van der Waals surface area contributed by atoms with Crippen LogP contribution < -0.4 is 11.1 Å². The Morgan fingerprint density at radius 1 is 1.42 bits per heavy atom. The molecule has 0 heterocycles. The zero-order valence-electron chi connectivity index (χ0n) is 11.4. The van der Waals surface area contributed by atoms with E-state index in [1.807, 2.05) is 12.1 Å². The molecule has 4 N–H and O–H groups in total. The fourth-order valence-corrected chi connectivity index (χ4v) is 2.89. The molecular formula is C15H22N2O2. The van der Waals surface area contributed by atoms with Crippen LogP contribution in [-0.2, 0) is 11.2 Å². The van der Waals surface area contributed by atoms with Gasteiger partial charge in [0.15, 0.2) is 0 Å². The Morgan fingerprint density at radius 3 is 2.58 bits per heavy atom. The summed E-state index contributed by atoms with van der Waals surface area (Å²) < 4.78 is 0. The Bertz CT molecular complexity index is 436. The fraction of sp³-hybridized carbons (Fsp3) is 0.533. The van der Waals surface area contributed by atoms with E-state index >= 15 is 0 Å². The molecule has 1 aliphatic carbocycles. The first-order chi connectivity index (χ1) is 9.05. The first kappa shape index (κ1) is 13.9. The number of nitrogens with one attached hydrogen (secondary N) is 1. The molecule has 1 aromatic carbocycles. The first-order valence-electron chi connectivity index (χ1n) is 6.82. The minimum atomic E-state index is -0.325. The van der Waals surface area contributed by atoms with Crippen LogP contribution in [0.4, 0.5) is 0 Å². The van der Waals surface area contributed by atoms with E-state index < -0.39 is 0 Å². The van der Waals surface area contributed by atoms with E-state index in [2.05, 4.69) is 12.2 Å². The van der Waals surface area contributed by atoms with Crippen molar-refractivity contribution in [3.05, 3.63) is 29.8 Å². The van der Waals surface area contributed by atoms with Crippen molar-refractivity contribution in [2.75, 3.05) is 13.1 Å². The number of carbonyl (C=O) groups is 1. The van der Waals surface area contributed by atoms with Gasteiger partial charge in [0.25, 0.3) is 0 Å². The van der Waals surface area contributed by atoms with Crippen LogP contribution in [0.1, 0.15) is 25.3 Å². The molecule has 1 aromatic rings. The number of carbonyl (C=O) groups excluding carboxylic acids is 1. The van der Waals surface area contributed by atoms with Crippen molar-refractivity contribution >= 4 is 5.91 Å². The molecule has 0 unspecified atom stereocenters. The molecule has 0 saturated heterocycles. The lowest BCUT2D eigenvalue weighted by molar-refractivity contribution is -0.138. The van der Waals surface area contributed by atoms with Crippen LogP contribution in [0.25, 0.3) is 0 Å². The fourth-order valence-electron chi connectivity index (χ4n) is 2.89. The van der Waals surface area contributed by atoms with Gasteiger partial charge < -0.3 is 16.2 Å². The summed E-state index contributed by atoms with van der Waals surface area (Å²) >= 11 is 0. The number of benzene rings is 1. The van der Waals surface area contributed by atoms with Gasteiger partial charge in [0.2, 0.25) is 5.91 Å². The molecule has 1 aliphatic rings. The Morgan fingerprint density at radius 2 is 2.05 bits per heavy atom. The third kappa shape index (κ3) is 3.07. The van der Waals surface area contributed by atoms with Crippen LogP contribution in [0.3, 0.4) is 0 Å². The SMILES string of the molecule is CC1CC(CN)(C(=O)NCCc2ccc(O)cc2)C1. The Kier molecular flexibility index (Phi) is 4.10. The minimum absolute atomic E-state index is 0.0897. The molecule has 0 aromatic heterocycles. The van der Waals surface area contributed by atoms with E-state index in [0.717, 1.165) is 24.8 Å². The summed E-state index contributed by atoms with van der Waals surface area (Å²) in [5.74, 6) is 0.955. The second kappa shape index (κ2) is 5.61. The molecular weight excluding hydrogens is 240 g/mol. The van der Waals surface area contributed by atoms with Crippen LogP contribution in [0.5, 0.6) is 5.75 Å². The molecule has 1 saturated carbocycles. The molecule has 4 nitrogen and oxygen atoms in total. The highest BCUT2D eigenvalue weighted by Crippen LogP contribution is 2.44. The van der Waals surface area contributed by atoms with Crippen molar-refractivity contribution in [2.45, 2.75) is 26.2 Å². The van der Waals surface area contributed by atoms with Gasteiger partial charge in [0.1, 0.15) is 5.75 Å². The molecule has 1 amide bonds. The maximum absolute atomic E-state index is 12.1. The highest BCUT2D eigenvalue weighted by Gasteiger charge is 2.46. The van der Waals surface area contributed by atoms with E-state index in [-0.39, 0.29) is 17.1 Å². The topological polar surface area (TPSA) is 75.4 Å². The number of hydrogen-bond donors (Lipinski definition) is 3. The summed E-state index contributed by atoms with van der Waals surface area (Å²) in [5.41, 5.74) is 6.52. The van der Waals surface area contributed by atoms with Gasteiger partial charge in [0.05, 0.1) is 5.41 Å². The minimum Gasteiger partial charge on any atom is -0.508 e. The van der Waals surface area contributed by atoms with Crippen molar-refractivity contribution in [3.63, 3.8) is 0 Å². The van der Waals surface area contributed by atoms with Crippen molar-refractivity contribution in [2.24, 2.45) is 17.1 Å². The normalized spacial score (nSPS) is 25.7. The molecule has 4 heteroatoms. The van der Waals surface area contributed by atoms with Gasteiger partial charge in [-0.25, -0.2) is 0 Å². The summed E-state index contributed by atoms with van der Waals surface area (Å²) in [6.07, 6.45) is 2.56. The number of rotatable bonds is 5. The quantitative estimate of drug-likeness (QED) is 0.751. The van der Waals surface area contributed by atoms with Crippen LogP contribution in [0, 0.1) is 11.3 Å². The number of nitrogens with two attached hydrogens (primary N) is 1. The lowest BCUT2D eigenvalue weighted by atomic mass is 9.62. The molecule has 0 aliphatic heterocycles. The lowest BCUT2D eigenvalue weighted by Gasteiger charge is -2.44. The lowest BCUT2D eigenvalue weighted by Crippen LogP contribution is -2.53. The summed E-state index contributed by atoms with van der Waals surface area (Å²) in [6.45, 7) is 3.19. The average molecular weight is 262 g/mol. The number of aromatic hydroxyl groups is 1. The Labute approximate surface area is 114 Å². The molecule has 104 valence electrons. The zero-order valence-corrected chi connectivity index (χ0v) is 11.4. The van der Waals surface area contributed by atoms with E-state index in [0.29, 0.717) is 19.0 Å². The van der Waals surface area contributed by atoms with E-state index in [4.69, 9.17) is 5.73 Å². The van der Waals surface area contributed by atoms with Crippen molar-refractivity contribution < 1.29 is 9.90 Å². The van der Waals surface area contributed by atoms with Gasteiger partial charge >= 0.3 is 0 Å². The predicted molar refractivity (Wildman–Crippen MR) is 74.7 cm³/mol. The third-order valence-corrected chi connectivity index (χ3v) is 3.99. The van der Waals surface area contributed by atoms with Gasteiger partial charge in [-0.05, 0) is 42.9 Å². The third-order valence-electron chi connectivity index (χ3n) is 3.99. The van der Waals surface area contributed by atoms with Gasteiger partial charge in [-0.15, -0.1) is 0 Å². The van der Waals surface area contributed by atoms with E-state index in [1.54, 1.807) is 12.1 Å². The highest BCUT2D eigenvalue weighted by atomic mass is 16.3.